The third kappa shape index (κ3) is 6.96. The van der Waals surface area contributed by atoms with Gasteiger partial charge in [-0.3, -0.25) is 14.5 Å². The molecule has 2 amide bonds. The van der Waals surface area contributed by atoms with Crippen molar-refractivity contribution < 1.29 is 32.6 Å². The van der Waals surface area contributed by atoms with Gasteiger partial charge in [0.25, 0.3) is 5.92 Å². The van der Waals surface area contributed by atoms with Crippen LogP contribution in [-0.2, 0) is 16.1 Å². The molecule has 0 saturated carbocycles. The Balaban J connectivity index is 1.45. The van der Waals surface area contributed by atoms with Crippen molar-refractivity contribution in [3.63, 3.8) is 0 Å². The third-order valence-electron chi connectivity index (χ3n) is 8.35. The zero-order chi connectivity index (χ0) is 31.3. The Bertz CT molecular complexity index is 1440. The number of nitrogens with zero attached hydrogens (tertiary/aromatic N) is 3. The maximum atomic E-state index is 15.5. The van der Waals surface area contributed by atoms with Gasteiger partial charge in [-0.15, -0.1) is 0 Å². The number of benzene rings is 3. The van der Waals surface area contributed by atoms with Gasteiger partial charge in [0.05, 0.1) is 46.4 Å². The smallest absolute Gasteiger partial charge is 0.277 e. The van der Waals surface area contributed by atoms with E-state index in [1.54, 1.807) is 59.4 Å². The molecule has 0 aromatic heterocycles. The molecule has 2 aliphatic rings. The average molecular weight is 608 g/mol. The van der Waals surface area contributed by atoms with Gasteiger partial charge in [0, 0.05) is 31.7 Å². The largest absolute Gasteiger partial charge is 0.497 e. The van der Waals surface area contributed by atoms with Crippen LogP contribution in [0.1, 0.15) is 36.4 Å². The fourth-order valence-corrected chi connectivity index (χ4v) is 6.32. The quantitative estimate of drug-likeness (QED) is 0.334. The summed E-state index contributed by atoms with van der Waals surface area (Å²) in [5.41, 5.74) is 2.21. The number of ether oxygens (including phenoxy) is 3. The minimum Gasteiger partial charge on any atom is -0.497 e. The number of piperidine rings is 1. The van der Waals surface area contributed by atoms with Gasteiger partial charge >= 0.3 is 0 Å². The Hall–Kier alpha value is -4.18. The van der Waals surface area contributed by atoms with E-state index in [0.29, 0.717) is 48.0 Å². The molecule has 3 aromatic rings. The van der Waals surface area contributed by atoms with Crippen LogP contribution in [-0.4, -0.2) is 75.0 Å². The predicted octanol–water partition coefficient (Wildman–Crippen LogP) is 5.57. The van der Waals surface area contributed by atoms with Gasteiger partial charge in [-0.1, -0.05) is 36.4 Å². The Morgan fingerprint density at radius 3 is 2.30 bits per heavy atom. The molecule has 0 bridgehead atoms. The maximum Gasteiger partial charge on any atom is 0.277 e. The monoisotopic (exact) mass is 607 g/mol. The summed E-state index contributed by atoms with van der Waals surface area (Å²) in [5.74, 6) is -2.83. The van der Waals surface area contributed by atoms with E-state index in [0.717, 1.165) is 5.56 Å². The zero-order valence-electron chi connectivity index (χ0n) is 25.4. The van der Waals surface area contributed by atoms with E-state index in [1.165, 1.54) is 19.1 Å². The Kier molecular flexibility index (Phi) is 9.68. The molecule has 10 heteroatoms. The lowest BCUT2D eigenvalue weighted by molar-refractivity contribution is -0.146. The van der Waals surface area contributed by atoms with E-state index >= 15 is 8.78 Å². The topological polar surface area (TPSA) is 71.6 Å². The first kappa shape index (κ1) is 31.3. The lowest BCUT2D eigenvalue weighted by Crippen LogP contribution is -2.54. The van der Waals surface area contributed by atoms with E-state index in [2.05, 4.69) is 0 Å². The number of hydrogen-bond donors (Lipinski definition) is 0. The highest BCUT2D eigenvalue weighted by Crippen LogP contribution is 2.43. The molecule has 5 rings (SSSR count). The Morgan fingerprint density at radius 2 is 1.61 bits per heavy atom. The molecule has 0 aliphatic carbocycles. The van der Waals surface area contributed by atoms with E-state index in [4.69, 9.17) is 14.2 Å². The number of halogens is 2. The van der Waals surface area contributed by atoms with Gasteiger partial charge in [0.15, 0.2) is 11.5 Å². The summed E-state index contributed by atoms with van der Waals surface area (Å²) in [6.45, 7) is -0.0537. The van der Waals surface area contributed by atoms with Gasteiger partial charge in [-0.25, -0.2) is 8.78 Å². The van der Waals surface area contributed by atoms with Crippen LogP contribution in [0.4, 0.5) is 14.5 Å². The second-order valence-corrected chi connectivity index (χ2v) is 11.3. The van der Waals surface area contributed by atoms with Crippen molar-refractivity contribution in [1.82, 2.24) is 9.80 Å². The molecule has 2 unspecified atom stereocenters. The van der Waals surface area contributed by atoms with Crippen LogP contribution < -0.4 is 19.1 Å². The van der Waals surface area contributed by atoms with Gasteiger partial charge in [-0.2, -0.15) is 0 Å². The second kappa shape index (κ2) is 13.6. The number of rotatable bonds is 8. The molecule has 8 nitrogen and oxygen atoms in total. The summed E-state index contributed by atoms with van der Waals surface area (Å²) in [6, 6.07) is 21.1. The molecule has 2 aliphatic heterocycles. The van der Waals surface area contributed by atoms with Crippen LogP contribution in [0, 0.1) is 5.92 Å². The fraction of sp³-hybridized carbons (Fsp3) is 0.412. The lowest BCUT2D eigenvalue weighted by atomic mass is 9.82. The van der Waals surface area contributed by atoms with E-state index in [9.17, 15) is 9.59 Å². The summed E-state index contributed by atoms with van der Waals surface area (Å²) in [7, 11) is 4.60. The fourth-order valence-electron chi connectivity index (χ4n) is 6.32. The number of carbonyl (C=O) groups excluding carboxylic acids is 2. The first-order valence-electron chi connectivity index (χ1n) is 14.8. The number of anilines is 1. The van der Waals surface area contributed by atoms with Crippen molar-refractivity contribution in [2.24, 2.45) is 5.92 Å². The van der Waals surface area contributed by atoms with Crippen LogP contribution in [0.5, 0.6) is 17.2 Å². The van der Waals surface area contributed by atoms with Crippen molar-refractivity contribution >= 4 is 17.5 Å². The number of hydrogen-bond acceptors (Lipinski definition) is 6. The maximum absolute atomic E-state index is 15.5. The van der Waals surface area contributed by atoms with Crippen molar-refractivity contribution in [2.45, 2.75) is 37.8 Å². The normalized spacial score (nSPS) is 20.9. The lowest BCUT2D eigenvalue weighted by Gasteiger charge is -2.43. The van der Waals surface area contributed by atoms with E-state index in [1.807, 2.05) is 30.3 Å². The molecule has 234 valence electrons. The highest BCUT2D eigenvalue weighted by atomic mass is 19.3. The summed E-state index contributed by atoms with van der Waals surface area (Å²) in [6.07, 6.45) is 0.913. The van der Waals surface area contributed by atoms with E-state index < -0.39 is 31.0 Å². The Morgan fingerprint density at radius 1 is 0.886 bits per heavy atom. The van der Waals surface area contributed by atoms with Crippen LogP contribution in [0.3, 0.4) is 0 Å². The van der Waals surface area contributed by atoms with Crippen molar-refractivity contribution in [3.05, 3.63) is 83.9 Å². The number of methoxy groups -OCH3 is 3. The van der Waals surface area contributed by atoms with Gasteiger partial charge in [0.1, 0.15) is 5.75 Å². The second-order valence-electron chi connectivity index (χ2n) is 11.3. The van der Waals surface area contributed by atoms with Crippen LogP contribution in [0.25, 0.3) is 0 Å². The number of amides is 2. The van der Waals surface area contributed by atoms with Crippen molar-refractivity contribution in [3.8, 4) is 17.2 Å². The van der Waals surface area contributed by atoms with E-state index in [-0.39, 0.29) is 31.2 Å². The summed E-state index contributed by atoms with van der Waals surface area (Å²) >= 11 is 0. The van der Waals surface area contributed by atoms with Crippen LogP contribution in [0.2, 0.25) is 0 Å². The van der Waals surface area contributed by atoms with Crippen LogP contribution >= 0.6 is 0 Å². The van der Waals surface area contributed by atoms with Gasteiger partial charge in [0.2, 0.25) is 11.8 Å². The molecule has 2 fully saturated rings. The Labute approximate surface area is 257 Å². The molecule has 0 radical (unpaired) electrons. The summed E-state index contributed by atoms with van der Waals surface area (Å²) in [5, 5.41) is 0. The first-order chi connectivity index (χ1) is 21.2. The molecular weight excluding hydrogens is 568 g/mol. The van der Waals surface area contributed by atoms with Gasteiger partial charge in [-0.05, 0) is 60.4 Å². The first-order valence-corrected chi connectivity index (χ1v) is 14.8. The standard InChI is InChI=1S/C34H39F2N3O5/c1-42-27-13-11-26(12-14-27)39-31(40)17-15-28(32(39)25-10-16-29(43-2)30(20-25)44-3)33(41)38-19-7-18-37(22-34(35,36)23-38)21-24-8-5-4-6-9-24/h4-6,8-14,16,20,28,32H,7,15,17-19,21-23H2,1-3H3. The highest BCUT2D eigenvalue weighted by molar-refractivity contribution is 5.97. The summed E-state index contributed by atoms with van der Waals surface area (Å²) < 4.78 is 47.3. The number of alkyl halides is 2. The SMILES string of the molecule is COc1ccc(N2C(=O)CCC(C(=O)N3CCCN(Cc4ccccc4)CC(F)(F)C3)C2c2ccc(OC)c(OC)c2)cc1. The summed E-state index contributed by atoms with van der Waals surface area (Å²) in [4.78, 5) is 32.5. The van der Waals surface area contributed by atoms with Crippen LogP contribution in [0.15, 0.2) is 72.8 Å². The molecule has 2 heterocycles. The molecule has 0 spiro atoms. The number of carbonyl (C=O) groups is 2. The molecule has 3 aromatic carbocycles. The third-order valence-corrected chi connectivity index (χ3v) is 8.35. The van der Waals surface area contributed by atoms with Crippen molar-refractivity contribution in [1.29, 1.82) is 0 Å². The van der Waals surface area contributed by atoms with Crippen molar-refractivity contribution in [2.75, 3.05) is 52.4 Å². The molecule has 0 N–H and O–H groups in total. The predicted molar refractivity (Wildman–Crippen MR) is 163 cm³/mol. The highest BCUT2D eigenvalue weighted by Gasteiger charge is 2.45. The zero-order valence-corrected chi connectivity index (χ0v) is 25.4. The molecular formula is C34H39F2N3O5. The van der Waals surface area contributed by atoms with Gasteiger partial charge < -0.3 is 24.0 Å². The minimum atomic E-state index is -3.11. The molecule has 2 saturated heterocycles. The molecule has 44 heavy (non-hydrogen) atoms. The minimum absolute atomic E-state index is 0.112. The molecule has 2 atom stereocenters. The average Bonchev–Trinajstić information content (AvgIpc) is 3.03.